The molecule has 0 aromatic carbocycles. The van der Waals surface area contributed by atoms with Gasteiger partial charge in [-0.1, -0.05) is 6.07 Å². The molecule has 2 aliphatic rings. The molecule has 2 heterocycles. The normalized spacial score (nSPS) is 23.9. The number of likely N-dealkylation sites (tertiary alicyclic amines) is 1. The first-order valence-corrected chi connectivity index (χ1v) is 7.74. The average molecular weight is 290 g/mol. The molecule has 1 amide bonds. The van der Waals surface area contributed by atoms with Crippen LogP contribution in [-0.4, -0.2) is 39.2 Å². The van der Waals surface area contributed by atoms with Gasteiger partial charge in [-0.3, -0.25) is 9.59 Å². The van der Waals surface area contributed by atoms with E-state index in [4.69, 9.17) is 0 Å². The van der Waals surface area contributed by atoms with Crippen molar-refractivity contribution in [1.29, 1.82) is 0 Å². The molecule has 5 nitrogen and oxygen atoms in total. The monoisotopic (exact) mass is 290 g/mol. The van der Waals surface area contributed by atoms with Crippen molar-refractivity contribution in [3.8, 4) is 0 Å². The molecule has 3 rings (SSSR count). The zero-order valence-corrected chi connectivity index (χ0v) is 12.2. The second-order valence-electron chi connectivity index (χ2n) is 6.26. The Morgan fingerprint density at radius 2 is 2.19 bits per heavy atom. The number of nitrogens with zero attached hydrogens (tertiary/aromatic N) is 2. The van der Waals surface area contributed by atoms with Crippen LogP contribution in [0.1, 0.15) is 32.1 Å². The number of piperidine rings is 1. The molecule has 1 unspecified atom stereocenters. The van der Waals surface area contributed by atoms with Gasteiger partial charge in [0.25, 0.3) is 5.56 Å². The Labute approximate surface area is 124 Å². The lowest BCUT2D eigenvalue weighted by atomic mass is 9.90. The Hall–Kier alpha value is -1.62. The third-order valence-electron chi connectivity index (χ3n) is 4.76. The first-order chi connectivity index (χ1) is 10.1. The average Bonchev–Trinajstić information content (AvgIpc) is 3.25. The van der Waals surface area contributed by atoms with Gasteiger partial charge in [-0.2, -0.15) is 0 Å². The van der Waals surface area contributed by atoms with E-state index in [0.717, 1.165) is 32.2 Å². The number of amides is 1. The van der Waals surface area contributed by atoms with Gasteiger partial charge in [-0.25, -0.2) is 0 Å². The van der Waals surface area contributed by atoms with Gasteiger partial charge in [0.2, 0.25) is 5.91 Å². The summed E-state index contributed by atoms with van der Waals surface area (Å²) >= 11 is 0. The Morgan fingerprint density at radius 1 is 1.38 bits per heavy atom. The summed E-state index contributed by atoms with van der Waals surface area (Å²) in [6.07, 6.45) is 5.78. The van der Waals surface area contributed by atoms with E-state index in [0.29, 0.717) is 19.5 Å². The van der Waals surface area contributed by atoms with Crippen LogP contribution in [0, 0.1) is 5.92 Å². The summed E-state index contributed by atoms with van der Waals surface area (Å²) in [4.78, 5) is 25.8. The third kappa shape index (κ3) is 3.18. The van der Waals surface area contributed by atoms with E-state index >= 15 is 0 Å². The quantitative estimate of drug-likeness (QED) is 0.900. The fourth-order valence-corrected chi connectivity index (χ4v) is 3.20. The summed E-state index contributed by atoms with van der Waals surface area (Å²) < 4.78 is 1.56. The Kier molecular flexibility index (Phi) is 3.85. The molecule has 1 atom stereocenters. The number of aryl methyl sites for hydroxylation is 1. The summed E-state index contributed by atoms with van der Waals surface area (Å²) in [5, 5.41) is 10.2. The van der Waals surface area contributed by atoms with Crippen LogP contribution < -0.4 is 5.56 Å². The van der Waals surface area contributed by atoms with Crippen molar-refractivity contribution in [2.75, 3.05) is 13.1 Å². The molecule has 1 saturated carbocycles. The molecule has 0 spiro atoms. The molecule has 1 aliphatic heterocycles. The second-order valence-corrected chi connectivity index (χ2v) is 6.26. The van der Waals surface area contributed by atoms with Crippen molar-refractivity contribution in [2.24, 2.45) is 5.92 Å². The number of hydrogen-bond acceptors (Lipinski definition) is 3. The first kappa shape index (κ1) is 14.3. The lowest BCUT2D eigenvalue weighted by Gasteiger charge is -2.35. The van der Waals surface area contributed by atoms with Crippen LogP contribution in [0.25, 0.3) is 0 Å². The molecule has 114 valence electrons. The minimum Gasteiger partial charge on any atom is -0.390 e. The molecular weight excluding hydrogens is 268 g/mol. The first-order valence-electron chi connectivity index (χ1n) is 7.74. The molecule has 21 heavy (non-hydrogen) atoms. The Bertz CT molecular complexity index is 577. The zero-order chi connectivity index (χ0) is 14.9. The largest absolute Gasteiger partial charge is 0.390 e. The maximum atomic E-state index is 12.3. The smallest absolute Gasteiger partial charge is 0.250 e. The number of carbonyl (C=O) groups is 1. The van der Waals surface area contributed by atoms with E-state index in [1.807, 2.05) is 4.90 Å². The van der Waals surface area contributed by atoms with Crippen LogP contribution in [0.15, 0.2) is 29.2 Å². The highest BCUT2D eigenvalue weighted by Gasteiger charge is 2.48. The minimum absolute atomic E-state index is 0.0749. The van der Waals surface area contributed by atoms with Crippen LogP contribution in [0.5, 0.6) is 0 Å². The van der Waals surface area contributed by atoms with Gasteiger partial charge in [0.05, 0.1) is 5.60 Å². The van der Waals surface area contributed by atoms with E-state index in [1.165, 1.54) is 6.07 Å². The standard InChI is InChI=1S/C16H22N2O3/c19-14-5-1-2-9-17(14)11-6-15(20)18-10-3-4-13(12-18)16(21)7-8-16/h1-2,5,9,13,21H,3-4,6-8,10-12H2. The molecule has 1 saturated heterocycles. The number of hydrogen-bond donors (Lipinski definition) is 1. The fourth-order valence-electron chi connectivity index (χ4n) is 3.20. The number of rotatable bonds is 4. The topological polar surface area (TPSA) is 62.5 Å². The second kappa shape index (κ2) is 5.64. The van der Waals surface area contributed by atoms with E-state index in [9.17, 15) is 14.7 Å². The van der Waals surface area contributed by atoms with Crippen LogP contribution >= 0.6 is 0 Å². The SMILES string of the molecule is O=C(CCn1ccccc1=O)N1CCCC(C2(O)CC2)C1. The maximum Gasteiger partial charge on any atom is 0.250 e. The van der Waals surface area contributed by atoms with Crippen molar-refractivity contribution in [1.82, 2.24) is 9.47 Å². The number of pyridine rings is 1. The molecule has 1 aromatic rings. The number of carbonyl (C=O) groups excluding carboxylic acids is 1. The highest BCUT2D eigenvalue weighted by atomic mass is 16.3. The molecular formula is C16H22N2O3. The van der Waals surface area contributed by atoms with Crippen molar-refractivity contribution >= 4 is 5.91 Å². The van der Waals surface area contributed by atoms with Gasteiger partial charge in [0, 0.05) is 44.2 Å². The summed E-state index contributed by atoms with van der Waals surface area (Å²) in [6, 6.07) is 5.00. The summed E-state index contributed by atoms with van der Waals surface area (Å²) in [5.74, 6) is 0.314. The Balaban J connectivity index is 1.55. The van der Waals surface area contributed by atoms with E-state index in [2.05, 4.69) is 0 Å². The number of aromatic nitrogens is 1. The van der Waals surface area contributed by atoms with Gasteiger partial charge >= 0.3 is 0 Å². The fraction of sp³-hybridized carbons (Fsp3) is 0.625. The third-order valence-corrected chi connectivity index (χ3v) is 4.76. The van der Waals surface area contributed by atoms with Gasteiger partial charge < -0.3 is 14.6 Å². The lowest BCUT2D eigenvalue weighted by Crippen LogP contribution is -2.44. The Morgan fingerprint density at radius 3 is 2.90 bits per heavy atom. The minimum atomic E-state index is -0.505. The molecule has 0 radical (unpaired) electrons. The van der Waals surface area contributed by atoms with Crippen molar-refractivity contribution in [3.63, 3.8) is 0 Å². The molecule has 1 aliphatic carbocycles. The van der Waals surface area contributed by atoms with Gasteiger partial charge in [0.15, 0.2) is 0 Å². The van der Waals surface area contributed by atoms with Crippen LogP contribution in [0.2, 0.25) is 0 Å². The van der Waals surface area contributed by atoms with Crippen LogP contribution in [0.4, 0.5) is 0 Å². The summed E-state index contributed by atoms with van der Waals surface area (Å²) in [6.45, 7) is 1.86. The van der Waals surface area contributed by atoms with E-state index in [1.54, 1.807) is 22.9 Å². The van der Waals surface area contributed by atoms with Gasteiger partial charge in [0.1, 0.15) is 0 Å². The summed E-state index contributed by atoms with van der Waals surface area (Å²) in [5.41, 5.74) is -0.580. The van der Waals surface area contributed by atoms with Crippen molar-refractivity contribution in [2.45, 2.75) is 44.2 Å². The predicted octanol–water partition coefficient (Wildman–Crippen LogP) is 1.00. The van der Waals surface area contributed by atoms with Gasteiger partial charge in [-0.15, -0.1) is 0 Å². The maximum absolute atomic E-state index is 12.3. The molecule has 1 aromatic heterocycles. The molecule has 1 N–H and O–H groups in total. The van der Waals surface area contributed by atoms with Crippen LogP contribution in [-0.2, 0) is 11.3 Å². The molecule has 0 bridgehead atoms. The van der Waals surface area contributed by atoms with Crippen molar-refractivity contribution in [3.05, 3.63) is 34.7 Å². The lowest BCUT2D eigenvalue weighted by molar-refractivity contribution is -0.134. The highest BCUT2D eigenvalue weighted by molar-refractivity contribution is 5.76. The van der Waals surface area contributed by atoms with E-state index < -0.39 is 5.60 Å². The van der Waals surface area contributed by atoms with E-state index in [-0.39, 0.29) is 17.4 Å². The van der Waals surface area contributed by atoms with Crippen molar-refractivity contribution < 1.29 is 9.90 Å². The number of aliphatic hydroxyl groups is 1. The zero-order valence-electron chi connectivity index (χ0n) is 12.2. The predicted molar refractivity (Wildman–Crippen MR) is 78.8 cm³/mol. The highest BCUT2D eigenvalue weighted by Crippen LogP contribution is 2.45. The molecule has 2 fully saturated rings. The molecule has 5 heteroatoms. The van der Waals surface area contributed by atoms with Gasteiger partial charge in [-0.05, 0) is 31.7 Å². The summed E-state index contributed by atoms with van der Waals surface area (Å²) in [7, 11) is 0. The van der Waals surface area contributed by atoms with Crippen LogP contribution in [0.3, 0.4) is 0 Å².